The van der Waals surface area contributed by atoms with Gasteiger partial charge in [-0.15, -0.1) is 0 Å². The summed E-state index contributed by atoms with van der Waals surface area (Å²) in [6.45, 7) is 0. The van der Waals surface area contributed by atoms with E-state index in [1.807, 2.05) is 84.9 Å². The molecule has 1 aliphatic rings. The van der Waals surface area contributed by atoms with Gasteiger partial charge in [0.05, 0.1) is 21.7 Å². The van der Waals surface area contributed by atoms with Crippen LogP contribution in [0.5, 0.6) is 0 Å². The van der Waals surface area contributed by atoms with Crippen LogP contribution in [-0.2, 0) is 4.79 Å². The molecule has 6 heteroatoms. The van der Waals surface area contributed by atoms with E-state index in [9.17, 15) is 9.59 Å². The Labute approximate surface area is 181 Å². The van der Waals surface area contributed by atoms with Crippen LogP contribution in [0.1, 0.15) is 10.4 Å². The van der Waals surface area contributed by atoms with Gasteiger partial charge in [0.25, 0.3) is 5.91 Å². The van der Waals surface area contributed by atoms with Crippen molar-refractivity contribution in [3.8, 4) is 0 Å². The number of nitrogens with zero attached hydrogens (tertiary/aromatic N) is 2. The fraction of sp³-hybridized carbons (Fsp3) is 0.0417. The summed E-state index contributed by atoms with van der Waals surface area (Å²) in [6.07, 6.45) is 1.83. The number of thioether (sulfide) groups is 2. The highest BCUT2D eigenvalue weighted by Gasteiger charge is 2.24. The molecule has 30 heavy (non-hydrogen) atoms. The number of fused-ring (bicyclic) bond motifs is 3. The van der Waals surface area contributed by atoms with Crippen LogP contribution in [-0.4, -0.2) is 26.5 Å². The third kappa shape index (κ3) is 3.49. The van der Waals surface area contributed by atoms with Crippen molar-refractivity contribution in [3.05, 3.63) is 89.3 Å². The van der Waals surface area contributed by atoms with E-state index in [0.717, 1.165) is 27.4 Å². The predicted molar refractivity (Wildman–Crippen MR) is 127 cm³/mol. The molecular formula is C24H16N2O2S2. The van der Waals surface area contributed by atoms with Gasteiger partial charge in [0, 0.05) is 10.8 Å². The maximum absolute atomic E-state index is 13.1. The zero-order valence-corrected chi connectivity index (χ0v) is 17.5. The van der Waals surface area contributed by atoms with E-state index in [0.29, 0.717) is 9.28 Å². The fourth-order valence-corrected chi connectivity index (χ4v) is 5.38. The van der Waals surface area contributed by atoms with Crippen LogP contribution in [0.2, 0.25) is 0 Å². The Balaban J connectivity index is 1.37. The molecule has 0 fully saturated rings. The van der Waals surface area contributed by atoms with Crippen molar-refractivity contribution in [1.29, 1.82) is 0 Å². The van der Waals surface area contributed by atoms with Crippen LogP contribution in [0.25, 0.3) is 27.9 Å². The van der Waals surface area contributed by atoms with Crippen molar-refractivity contribution < 1.29 is 9.59 Å². The van der Waals surface area contributed by atoms with Crippen LogP contribution >= 0.6 is 23.5 Å². The lowest BCUT2D eigenvalue weighted by atomic mass is 10.2. The van der Waals surface area contributed by atoms with Gasteiger partial charge in [0.1, 0.15) is 4.38 Å². The third-order valence-corrected chi connectivity index (χ3v) is 6.96. The summed E-state index contributed by atoms with van der Waals surface area (Å²) in [4.78, 5) is 30.0. The summed E-state index contributed by atoms with van der Waals surface area (Å²) in [7, 11) is 0. The lowest BCUT2D eigenvalue weighted by Gasteiger charge is -2.05. The standard InChI is InChI=1S/C24H16N2O2S2/c27-22(26-19-12-6-4-10-17(19)18-11-5-7-13-20(18)26)15-29-24-25-23(28)21(30-24)14-16-8-2-1-3-9-16/h1-14H,15H2/b21-14+. The lowest BCUT2D eigenvalue weighted by Crippen LogP contribution is -2.13. The number of aliphatic imine (C=N–C) groups is 1. The normalized spacial score (nSPS) is 15.3. The summed E-state index contributed by atoms with van der Waals surface area (Å²) < 4.78 is 2.37. The minimum Gasteiger partial charge on any atom is -0.279 e. The van der Waals surface area contributed by atoms with Crippen LogP contribution in [0.4, 0.5) is 0 Å². The molecule has 1 amide bonds. The first-order chi connectivity index (χ1) is 14.7. The topological polar surface area (TPSA) is 51.4 Å². The number of para-hydroxylation sites is 2. The van der Waals surface area contributed by atoms with Crippen LogP contribution in [0.15, 0.2) is 88.8 Å². The minimum absolute atomic E-state index is 0.0337. The number of benzene rings is 3. The molecule has 4 aromatic rings. The van der Waals surface area contributed by atoms with Crippen molar-refractivity contribution in [1.82, 2.24) is 4.57 Å². The Morgan fingerprint density at radius 1 is 0.900 bits per heavy atom. The number of rotatable bonds is 3. The number of amides is 1. The minimum atomic E-state index is -0.254. The van der Waals surface area contributed by atoms with Crippen molar-refractivity contribution >= 4 is 67.6 Å². The summed E-state index contributed by atoms with van der Waals surface area (Å²) in [5.41, 5.74) is 2.74. The van der Waals surface area contributed by atoms with Gasteiger partial charge < -0.3 is 0 Å². The first-order valence-electron chi connectivity index (χ1n) is 9.42. The molecule has 0 unspecified atom stereocenters. The highest BCUT2D eigenvalue weighted by atomic mass is 32.2. The average molecular weight is 429 g/mol. The van der Waals surface area contributed by atoms with Gasteiger partial charge in [-0.2, -0.15) is 4.99 Å². The van der Waals surface area contributed by atoms with Crippen LogP contribution in [0.3, 0.4) is 0 Å². The van der Waals surface area contributed by atoms with Gasteiger partial charge >= 0.3 is 0 Å². The smallest absolute Gasteiger partial charge is 0.279 e. The Hall–Kier alpha value is -3.09. The second-order valence-electron chi connectivity index (χ2n) is 6.76. The Morgan fingerprint density at radius 3 is 2.17 bits per heavy atom. The van der Waals surface area contributed by atoms with Crippen molar-refractivity contribution in [2.24, 2.45) is 4.99 Å². The zero-order valence-electron chi connectivity index (χ0n) is 15.8. The Bertz CT molecular complexity index is 1300. The van der Waals surface area contributed by atoms with Crippen molar-refractivity contribution in [2.45, 2.75) is 0 Å². The van der Waals surface area contributed by atoms with E-state index < -0.39 is 0 Å². The van der Waals surface area contributed by atoms with Gasteiger partial charge in [0.2, 0.25) is 5.91 Å². The molecule has 0 radical (unpaired) electrons. The number of carbonyl (C=O) groups is 2. The largest absolute Gasteiger partial charge is 0.285 e. The number of hydrogen-bond donors (Lipinski definition) is 0. The first kappa shape index (κ1) is 18.9. The quantitative estimate of drug-likeness (QED) is 0.385. The van der Waals surface area contributed by atoms with Gasteiger partial charge in [-0.25, -0.2) is 0 Å². The average Bonchev–Trinajstić information content (AvgIpc) is 3.30. The highest BCUT2D eigenvalue weighted by Crippen LogP contribution is 2.34. The molecule has 1 aromatic heterocycles. The molecular weight excluding hydrogens is 412 g/mol. The van der Waals surface area contributed by atoms with Gasteiger partial charge in [0.15, 0.2) is 0 Å². The molecule has 0 N–H and O–H groups in total. The molecule has 5 rings (SSSR count). The van der Waals surface area contributed by atoms with Gasteiger partial charge in [-0.1, -0.05) is 90.3 Å². The molecule has 0 atom stereocenters. The van der Waals surface area contributed by atoms with Crippen molar-refractivity contribution in [3.63, 3.8) is 0 Å². The van der Waals surface area contributed by atoms with E-state index in [-0.39, 0.29) is 17.6 Å². The maximum atomic E-state index is 13.1. The molecule has 4 nitrogen and oxygen atoms in total. The third-order valence-electron chi connectivity index (χ3n) is 4.85. The Morgan fingerprint density at radius 2 is 1.50 bits per heavy atom. The van der Waals surface area contributed by atoms with E-state index in [2.05, 4.69) is 4.99 Å². The molecule has 146 valence electrons. The molecule has 0 saturated carbocycles. The zero-order chi connectivity index (χ0) is 20.5. The molecule has 0 bridgehead atoms. The molecule has 0 spiro atoms. The van der Waals surface area contributed by atoms with Crippen LogP contribution < -0.4 is 0 Å². The molecule has 0 aliphatic carbocycles. The van der Waals surface area contributed by atoms with Crippen molar-refractivity contribution in [2.75, 3.05) is 5.75 Å². The monoisotopic (exact) mass is 428 g/mol. The lowest BCUT2D eigenvalue weighted by molar-refractivity contribution is -0.113. The summed E-state index contributed by atoms with van der Waals surface area (Å²) >= 11 is 2.63. The fourth-order valence-electron chi connectivity index (χ4n) is 3.53. The van der Waals surface area contributed by atoms with E-state index >= 15 is 0 Å². The first-order valence-corrected chi connectivity index (χ1v) is 11.2. The summed E-state index contributed by atoms with van der Waals surface area (Å²) in [6, 6.07) is 25.5. The van der Waals surface area contributed by atoms with Crippen LogP contribution in [0, 0.1) is 0 Å². The van der Waals surface area contributed by atoms with E-state index in [4.69, 9.17) is 0 Å². The number of carbonyl (C=O) groups excluding carboxylic acids is 2. The van der Waals surface area contributed by atoms with Gasteiger partial charge in [-0.05, 0) is 23.8 Å². The molecule has 0 saturated heterocycles. The summed E-state index contributed by atoms with van der Waals surface area (Å²) in [5, 5.41) is 2.12. The van der Waals surface area contributed by atoms with Gasteiger partial charge in [-0.3, -0.25) is 14.2 Å². The second kappa shape index (κ2) is 7.97. The Kier molecular flexibility index (Phi) is 5.02. The maximum Gasteiger partial charge on any atom is 0.285 e. The van der Waals surface area contributed by atoms with E-state index in [1.165, 1.54) is 23.5 Å². The number of aromatic nitrogens is 1. The highest BCUT2D eigenvalue weighted by molar-refractivity contribution is 8.41. The SMILES string of the molecule is O=C1N=C(SCC(=O)n2c3ccccc3c3ccccc32)S/C1=C/c1ccccc1. The molecule has 2 heterocycles. The molecule has 3 aromatic carbocycles. The second-order valence-corrected chi connectivity index (χ2v) is 9.01. The molecule has 1 aliphatic heterocycles. The van der Waals surface area contributed by atoms with E-state index in [1.54, 1.807) is 4.57 Å². The summed E-state index contributed by atoms with van der Waals surface area (Å²) in [5.74, 6) is -0.0790. The predicted octanol–water partition coefficient (Wildman–Crippen LogP) is 5.84. The number of hydrogen-bond acceptors (Lipinski definition) is 4.